The van der Waals surface area contributed by atoms with Crippen molar-refractivity contribution >= 4 is 5.82 Å². The van der Waals surface area contributed by atoms with Crippen LogP contribution in [0.15, 0.2) is 12.1 Å². The van der Waals surface area contributed by atoms with Crippen LogP contribution in [0.3, 0.4) is 0 Å². The summed E-state index contributed by atoms with van der Waals surface area (Å²) in [6, 6.07) is 5.81. The van der Waals surface area contributed by atoms with Gasteiger partial charge in [0.2, 0.25) is 0 Å². The molecule has 0 aromatic carbocycles. The molecule has 1 aromatic heterocycles. The van der Waals surface area contributed by atoms with Crippen LogP contribution in [-0.4, -0.2) is 45.5 Å². The van der Waals surface area contributed by atoms with Gasteiger partial charge in [0, 0.05) is 33.0 Å². The summed E-state index contributed by atoms with van der Waals surface area (Å²) in [6.07, 6.45) is 0. The van der Waals surface area contributed by atoms with Crippen LogP contribution in [0.2, 0.25) is 0 Å². The number of hydrogen-bond acceptors (Lipinski definition) is 5. The van der Waals surface area contributed by atoms with Crippen molar-refractivity contribution < 1.29 is 9.47 Å². The van der Waals surface area contributed by atoms with Crippen LogP contribution >= 0.6 is 0 Å². The Hall–Kier alpha value is -1.64. The Morgan fingerprint density at radius 1 is 1.22 bits per heavy atom. The molecule has 0 radical (unpaired) electrons. The van der Waals surface area contributed by atoms with E-state index in [1.165, 1.54) is 0 Å². The largest absolute Gasteiger partial charge is 0.383 e. The van der Waals surface area contributed by atoms with Crippen LogP contribution in [0.5, 0.6) is 0 Å². The van der Waals surface area contributed by atoms with E-state index in [9.17, 15) is 0 Å². The average Bonchev–Trinajstić information content (AvgIpc) is 2.39. The fourth-order valence-corrected chi connectivity index (χ4v) is 1.60. The molecule has 0 saturated heterocycles. The molecule has 1 heterocycles. The number of rotatable bonds is 7. The topological polar surface area (TPSA) is 58.4 Å². The van der Waals surface area contributed by atoms with Gasteiger partial charge in [0.05, 0.1) is 18.8 Å². The smallest absolute Gasteiger partial charge is 0.146 e. The highest BCUT2D eigenvalue weighted by atomic mass is 16.5. The second-order valence-corrected chi connectivity index (χ2v) is 3.91. The zero-order chi connectivity index (χ0) is 13.4. The summed E-state index contributed by atoms with van der Waals surface area (Å²) in [5, 5.41) is 9.13. The van der Waals surface area contributed by atoms with Gasteiger partial charge in [-0.1, -0.05) is 0 Å². The first-order valence-corrected chi connectivity index (χ1v) is 5.83. The van der Waals surface area contributed by atoms with E-state index >= 15 is 0 Å². The third-order valence-electron chi connectivity index (χ3n) is 2.57. The van der Waals surface area contributed by atoms with Crippen LogP contribution in [0.25, 0.3) is 0 Å². The molecule has 98 valence electrons. The standard InChI is InChI=1S/C13H19N3O2/c1-11-4-5-12(10-14)13(15-11)16(6-8-17-2)7-9-18-3/h4-5H,6-9H2,1-3H3. The summed E-state index contributed by atoms with van der Waals surface area (Å²) in [5.41, 5.74) is 1.47. The highest BCUT2D eigenvalue weighted by Crippen LogP contribution is 2.17. The van der Waals surface area contributed by atoms with Gasteiger partial charge in [-0.05, 0) is 19.1 Å². The Balaban J connectivity index is 2.95. The minimum absolute atomic E-state index is 0.577. The molecule has 5 nitrogen and oxygen atoms in total. The van der Waals surface area contributed by atoms with Crippen LogP contribution in [0.1, 0.15) is 11.3 Å². The Kier molecular flexibility index (Phi) is 6.12. The number of methoxy groups -OCH3 is 2. The normalized spacial score (nSPS) is 10.1. The Bertz CT molecular complexity index is 407. The maximum Gasteiger partial charge on any atom is 0.146 e. The minimum Gasteiger partial charge on any atom is -0.383 e. The Morgan fingerprint density at radius 2 is 1.83 bits per heavy atom. The number of nitriles is 1. The molecule has 18 heavy (non-hydrogen) atoms. The average molecular weight is 249 g/mol. The van der Waals surface area contributed by atoms with Crippen molar-refractivity contribution in [2.45, 2.75) is 6.92 Å². The van der Waals surface area contributed by atoms with Gasteiger partial charge in [0.1, 0.15) is 11.9 Å². The second kappa shape index (κ2) is 7.64. The molecule has 0 amide bonds. The van der Waals surface area contributed by atoms with Crippen LogP contribution in [0, 0.1) is 18.3 Å². The summed E-state index contributed by atoms with van der Waals surface area (Å²) in [4.78, 5) is 6.45. The highest BCUT2D eigenvalue weighted by molar-refractivity contribution is 5.54. The van der Waals surface area contributed by atoms with E-state index < -0.39 is 0 Å². The summed E-state index contributed by atoms with van der Waals surface area (Å²) >= 11 is 0. The number of aryl methyl sites for hydroxylation is 1. The fraction of sp³-hybridized carbons (Fsp3) is 0.538. The van der Waals surface area contributed by atoms with Gasteiger partial charge in [-0.15, -0.1) is 0 Å². The molecule has 0 aliphatic rings. The summed E-state index contributed by atoms with van der Waals surface area (Å²) in [5.74, 6) is 0.701. The zero-order valence-electron chi connectivity index (χ0n) is 11.1. The molecule has 0 N–H and O–H groups in total. The van der Waals surface area contributed by atoms with Gasteiger partial charge >= 0.3 is 0 Å². The lowest BCUT2D eigenvalue weighted by Crippen LogP contribution is -2.32. The summed E-state index contributed by atoms with van der Waals surface area (Å²) < 4.78 is 10.2. The first kappa shape index (κ1) is 14.4. The molecule has 0 aliphatic carbocycles. The predicted molar refractivity (Wildman–Crippen MR) is 69.7 cm³/mol. The Morgan fingerprint density at radius 3 is 2.33 bits per heavy atom. The lowest BCUT2D eigenvalue weighted by atomic mass is 10.2. The van der Waals surface area contributed by atoms with E-state index in [0.717, 1.165) is 5.69 Å². The molecule has 0 spiro atoms. The lowest BCUT2D eigenvalue weighted by molar-refractivity contribution is 0.190. The third-order valence-corrected chi connectivity index (χ3v) is 2.57. The number of anilines is 1. The van der Waals surface area contributed by atoms with Gasteiger partial charge in [-0.3, -0.25) is 0 Å². The number of nitrogens with zero attached hydrogens (tertiary/aromatic N) is 3. The number of hydrogen-bond donors (Lipinski definition) is 0. The molecule has 1 rings (SSSR count). The van der Waals surface area contributed by atoms with Crippen molar-refractivity contribution in [3.8, 4) is 6.07 Å². The Labute approximate surface area is 108 Å². The quantitative estimate of drug-likeness (QED) is 0.730. The van der Waals surface area contributed by atoms with E-state index in [4.69, 9.17) is 14.7 Å². The van der Waals surface area contributed by atoms with E-state index in [2.05, 4.69) is 11.1 Å². The molecule has 0 atom stereocenters. The zero-order valence-corrected chi connectivity index (χ0v) is 11.1. The second-order valence-electron chi connectivity index (χ2n) is 3.91. The van der Waals surface area contributed by atoms with Crippen LogP contribution < -0.4 is 4.90 Å². The van der Waals surface area contributed by atoms with E-state index in [1.807, 2.05) is 17.9 Å². The van der Waals surface area contributed by atoms with Gasteiger partial charge in [-0.2, -0.15) is 5.26 Å². The van der Waals surface area contributed by atoms with Gasteiger partial charge < -0.3 is 14.4 Å². The molecular formula is C13H19N3O2. The van der Waals surface area contributed by atoms with Crippen molar-refractivity contribution in [2.75, 3.05) is 45.4 Å². The lowest BCUT2D eigenvalue weighted by Gasteiger charge is -2.24. The van der Waals surface area contributed by atoms with Crippen molar-refractivity contribution in [3.05, 3.63) is 23.4 Å². The molecule has 5 heteroatoms. The van der Waals surface area contributed by atoms with E-state index in [1.54, 1.807) is 20.3 Å². The van der Waals surface area contributed by atoms with Gasteiger partial charge in [-0.25, -0.2) is 4.98 Å². The molecule has 0 unspecified atom stereocenters. The number of aromatic nitrogens is 1. The van der Waals surface area contributed by atoms with Crippen molar-refractivity contribution in [3.63, 3.8) is 0 Å². The molecule has 0 aliphatic heterocycles. The maximum absolute atomic E-state index is 9.13. The first-order valence-electron chi connectivity index (χ1n) is 5.83. The minimum atomic E-state index is 0.577. The summed E-state index contributed by atoms with van der Waals surface area (Å²) in [7, 11) is 3.31. The molecular weight excluding hydrogens is 230 g/mol. The fourth-order valence-electron chi connectivity index (χ4n) is 1.60. The molecule has 1 aromatic rings. The van der Waals surface area contributed by atoms with Gasteiger partial charge in [0.15, 0.2) is 0 Å². The molecule has 0 fully saturated rings. The highest BCUT2D eigenvalue weighted by Gasteiger charge is 2.13. The van der Waals surface area contributed by atoms with Crippen molar-refractivity contribution in [2.24, 2.45) is 0 Å². The SMILES string of the molecule is COCCN(CCOC)c1nc(C)ccc1C#N. The van der Waals surface area contributed by atoms with Crippen LogP contribution in [-0.2, 0) is 9.47 Å². The third kappa shape index (κ3) is 3.99. The number of ether oxygens (including phenoxy) is 2. The molecule has 0 bridgehead atoms. The first-order chi connectivity index (χ1) is 8.72. The van der Waals surface area contributed by atoms with Gasteiger partial charge in [0.25, 0.3) is 0 Å². The maximum atomic E-state index is 9.13. The number of pyridine rings is 1. The van der Waals surface area contributed by atoms with Crippen molar-refractivity contribution in [1.29, 1.82) is 5.26 Å². The molecule has 0 saturated carbocycles. The summed E-state index contributed by atoms with van der Waals surface area (Å²) in [6.45, 7) is 4.46. The van der Waals surface area contributed by atoms with Crippen molar-refractivity contribution in [1.82, 2.24) is 4.98 Å². The monoisotopic (exact) mass is 249 g/mol. The van der Waals surface area contributed by atoms with Crippen LogP contribution in [0.4, 0.5) is 5.82 Å². The predicted octanol–water partition coefficient (Wildman–Crippen LogP) is 1.36. The van der Waals surface area contributed by atoms with E-state index in [-0.39, 0.29) is 0 Å². The van der Waals surface area contributed by atoms with E-state index in [0.29, 0.717) is 37.7 Å².